The molecular weight excluding hydrogens is 225 g/mol. The standard InChI is InChI=1S/C10H15F3OS/c1-9(14,10(11,12)13)5-6-4-7-2-3-8(6)15-7/h6-8,14H,2-5H2,1H3. The van der Waals surface area contributed by atoms with E-state index in [0.717, 1.165) is 26.2 Å². The molecule has 2 bridgehead atoms. The molecule has 1 nitrogen and oxygen atoms in total. The minimum Gasteiger partial charge on any atom is -0.381 e. The SMILES string of the molecule is CC(O)(CC1CC2CCC1S2)C(F)(F)F. The van der Waals surface area contributed by atoms with E-state index in [1.165, 1.54) is 0 Å². The Morgan fingerprint density at radius 2 is 2.00 bits per heavy atom. The van der Waals surface area contributed by atoms with E-state index in [9.17, 15) is 18.3 Å². The highest BCUT2D eigenvalue weighted by Crippen LogP contribution is 2.52. The third-order valence-electron chi connectivity index (χ3n) is 3.50. The molecule has 2 aliphatic heterocycles. The van der Waals surface area contributed by atoms with Crippen molar-refractivity contribution in [2.75, 3.05) is 0 Å². The van der Waals surface area contributed by atoms with Crippen molar-refractivity contribution in [2.24, 2.45) is 5.92 Å². The number of hydrogen-bond acceptors (Lipinski definition) is 2. The van der Waals surface area contributed by atoms with Gasteiger partial charge in [0.1, 0.15) is 0 Å². The highest BCUT2D eigenvalue weighted by molar-refractivity contribution is 8.01. The quantitative estimate of drug-likeness (QED) is 0.800. The van der Waals surface area contributed by atoms with E-state index in [4.69, 9.17) is 0 Å². The van der Waals surface area contributed by atoms with Crippen LogP contribution in [-0.2, 0) is 0 Å². The Bertz CT molecular complexity index is 252. The van der Waals surface area contributed by atoms with Gasteiger partial charge in [0.2, 0.25) is 0 Å². The average Bonchev–Trinajstić information content (AvgIpc) is 2.61. The van der Waals surface area contributed by atoms with Gasteiger partial charge < -0.3 is 5.11 Å². The first-order valence-electron chi connectivity index (χ1n) is 5.24. The van der Waals surface area contributed by atoms with Gasteiger partial charge in [-0.05, 0) is 38.5 Å². The van der Waals surface area contributed by atoms with Gasteiger partial charge in [0, 0.05) is 10.5 Å². The number of hydrogen-bond donors (Lipinski definition) is 1. The first kappa shape index (κ1) is 11.6. The fraction of sp³-hybridized carbons (Fsp3) is 1.00. The fourth-order valence-corrected chi connectivity index (χ4v) is 4.41. The second-order valence-corrected chi connectivity index (χ2v) is 6.39. The van der Waals surface area contributed by atoms with E-state index in [2.05, 4.69) is 0 Å². The lowest BCUT2D eigenvalue weighted by Gasteiger charge is -2.31. The molecule has 2 aliphatic rings. The maximum absolute atomic E-state index is 12.5. The topological polar surface area (TPSA) is 20.2 Å². The maximum atomic E-state index is 12.5. The first-order chi connectivity index (χ1) is 6.79. The van der Waals surface area contributed by atoms with Gasteiger partial charge >= 0.3 is 6.18 Å². The summed E-state index contributed by atoms with van der Waals surface area (Å²) >= 11 is 1.81. The van der Waals surface area contributed by atoms with E-state index in [0.29, 0.717) is 10.5 Å². The van der Waals surface area contributed by atoms with Crippen molar-refractivity contribution >= 4 is 11.8 Å². The summed E-state index contributed by atoms with van der Waals surface area (Å²) in [5.41, 5.74) is -2.51. The molecule has 0 aromatic heterocycles. The highest BCUT2D eigenvalue weighted by atomic mass is 32.2. The largest absolute Gasteiger partial charge is 0.416 e. The molecule has 0 amide bonds. The molecule has 0 radical (unpaired) electrons. The van der Waals surface area contributed by atoms with Gasteiger partial charge in [0.05, 0.1) is 0 Å². The van der Waals surface area contributed by atoms with Crippen LogP contribution in [0.25, 0.3) is 0 Å². The maximum Gasteiger partial charge on any atom is 0.416 e. The first-order valence-corrected chi connectivity index (χ1v) is 6.18. The molecule has 0 aromatic carbocycles. The van der Waals surface area contributed by atoms with Crippen LogP contribution in [0.4, 0.5) is 13.2 Å². The molecule has 88 valence electrons. The summed E-state index contributed by atoms with van der Waals surface area (Å²) in [5.74, 6) is 0.0466. The Balaban J connectivity index is 1.97. The number of aliphatic hydroxyl groups is 1. The van der Waals surface area contributed by atoms with Crippen LogP contribution in [-0.4, -0.2) is 27.4 Å². The number of rotatable bonds is 2. The van der Waals surface area contributed by atoms with Crippen LogP contribution in [0.3, 0.4) is 0 Å². The van der Waals surface area contributed by atoms with Gasteiger partial charge in [-0.2, -0.15) is 24.9 Å². The molecule has 2 rings (SSSR count). The Kier molecular flexibility index (Phi) is 2.74. The predicted molar refractivity (Wildman–Crippen MR) is 53.8 cm³/mol. The van der Waals surface area contributed by atoms with Crippen molar-refractivity contribution < 1.29 is 18.3 Å². The molecule has 15 heavy (non-hydrogen) atoms. The number of thioether (sulfide) groups is 1. The molecule has 5 heteroatoms. The lowest BCUT2D eigenvalue weighted by Crippen LogP contribution is -2.44. The lowest BCUT2D eigenvalue weighted by atomic mass is 9.81. The van der Waals surface area contributed by atoms with E-state index < -0.39 is 11.8 Å². The van der Waals surface area contributed by atoms with Crippen molar-refractivity contribution in [2.45, 2.75) is 54.9 Å². The van der Waals surface area contributed by atoms with Crippen LogP contribution in [0, 0.1) is 5.92 Å². The molecule has 0 aliphatic carbocycles. The normalized spacial score (nSPS) is 39.4. The van der Waals surface area contributed by atoms with Crippen molar-refractivity contribution in [3.8, 4) is 0 Å². The van der Waals surface area contributed by atoms with Crippen LogP contribution >= 0.6 is 11.8 Å². The van der Waals surface area contributed by atoms with Crippen molar-refractivity contribution in [1.82, 2.24) is 0 Å². The van der Waals surface area contributed by atoms with Gasteiger partial charge in [-0.25, -0.2) is 0 Å². The average molecular weight is 240 g/mol. The third-order valence-corrected chi connectivity index (χ3v) is 5.29. The highest BCUT2D eigenvalue weighted by Gasteiger charge is 2.53. The second-order valence-electron chi connectivity index (χ2n) is 4.85. The molecule has 0 aromatic rings. The van der Waals surface area contributed by atoms with E-state index in [1.54, 1.807) is 0 Å². The Morgan fingerprint density at radius 1 is 1.33 bits per heavy atom. The number of halogens is 3. The van der Waals surface area contributed by atoms with E-state index in [1.807, 2.05) is 11.8 Å². The molecular formula is C10H15F3OS. The summed E-state index contributed by atoms with van der Waals surface area (Å²) < 4.78 is 37.4. The van der Waals surface area contributed by atoms with Crippen LogP contribution in [0.1, 0.15) is 32.6 Å². The zero-order valence-electron chi connectivity index (χ0n) is 8.55. The second kappa shape index (κ2) is 3.55. The smallest absolute Gasteiger partial charge is 0.381 e. The van der Waals surface area contributed by atoms with Crippen molar-refractivity contribution in [3.63, 3.8) is 0 Å². The minimum absolute atomic E-state index is 0.0466. The molecule has 4 atom stereocenters. The monoisotopic (exact) mass is 240 g/mol. The van der Waals surface area contributed by atoms with Gasteiger partial charge in [-0.1, -0.05) is 0 Å². The van der Waals surface area contributed by atoms with Crippen LogP contribution < -0.4 is 0 Å². The predicted octanol–water partition coefficient (Wildman–Crippen LogP) is 2.97. The molecule has 2 heterocycles. The molecule has 2 fully saturated rings. The third kappa shape index (κ3) is 2.13. The van der Waals surface area contributed by atoms with Gasteiger partial charge in [-0.3, -0.25) is 0 Å². The molecule has 4 unspecified atom stereocenters. The van der Waals surface area contributed by atoms with Crippen molar-refractivity contribution in [3.05, 3.63) is 0 Å². The summed E-state index contributed by atoms with van der Waals surface area (Å²) in [5, 5.41) is 10.3. The Morgan fingerprint density at radius 3 is 2.40 bits per heavy atom. The lowest BCUT2D eigenvalue weighted by molar-refractivity contribution is -0.258. The zero-order chi connectivity index (χ0) is 11.3. The molecule has 0 saturated carbocycles. The fourth-order valence-electron chi connectivity index (χ4n) is 2.58. The summed E-state index contributed by atoms with van der Waals surface area (Å²) in [6.07, 6.45) is -1.63. The zero-order valence-corrected chi connectivity index (χ0v) is 9.37. The molecule has 2 saturated heterocycles. The Hall–Kier alpha value is 0.100. The van der Waals surface area contributed by atoms with Crippen molar-refractivity contribution in [1.29, 1.82) is 0 Å². The summed E-state index contributed by atoms with van der Waals surface area (Å²) in [4.78, 5) is 0. The molecule has 0 spiro atoms. The van der Waals surface area contributed by atoms with Gasteiger partial charge in [0.15, 0.2) is 5.60 Å². The molecule has 1 N–H and O–H groups in total. The van der Waals surface area contributed by atoms with Crippen LogP contribution in [0.5, 0.6) is 0 Å². The van der Waals surface area contributed by atoms with Crippen LogP contribution in [0.15, 0.2) is 0 Å². The van der Waals surface area contributed by atoms with Gasteiger partial charge in [-0.15, -0.1) is 0 Å². The number of alkyl halides is 3. The summed E-state index contributed by atoms with van der Waals surface area (Å²) in [7, 11) is 0. The van der Waals surface area contributed by atoms with E-state index in [-0.39, 0.29) is 12.3 Å². The Labute approximate surface area is 91.4 Å². The van der Waals surface area contributed by atoms with Gasteiger partial charge in [0.25, 0.3) is 0 Å². The minimum atomic E-state index is -4.50. The number of fused-ring (bicyclic) bond motifs is 2. The summed E-state index contributed by atoms with van der Waals surface area (Å²) in [6, 6.07) is 0. The van der Waals surface area contributed by atoms with Crippen LogP contribution in [0.2, 0.25) is 0 Å². The summed E-state index contributed by atoms with van der Waals surface area (Å²) in [6.45, 7) is 0.893. The van der Waals surface area contributed by atoms with E-state index >= 15 is 0 Å².